The number of fused-ring (bicyclic) bond motifs is 5. The summed E-state index contributed by atoms with van der Waals surface area (Å²) in [4.78, 5) is 11.7. The maximum Gasteiger partial charge on any atom is 0.142 e. The van der Waals surface area contributed by atoms with Crippen molar-refractivity contribution in [2.24, 2.45) is 29.1 Å². The Balaban J connectivity index is 2.08. The van der Waals surface area contributed by atoms with E-state index in [4.69, 9.17) is 0 Å². The lowest BCUT2D eigenvalue weighted by molar-refractivity contribution is -0.130. The Bertz CT molecular complexity index is 241. The molecule has 0 heterocycles. The van der Waals surface area contributed by atoms with E-state index in [-0.39, 0.29) is 5.41 Å². The molecule has 3 rings (SSSR count). The van der Waals surface area contributed by atoms with E-state index in [1.165, 1.54) is 12.8 Å². The Hall–Kier alpha value is -0.330. The van der Waals surface area contributed by atoms with E-state index in [1.54, 1.807) is 0 Å². The highest BCUT2D eigenvalue weighted by Gasteiger charge is 2.68. The molecular formula is C10H14O. The molecule has 1 heteroatoms. The Kier molecular flexibility index (Phi) is 0.799. The topological polar surface area (TPSA) is 17.1 Å². The summed E-state index contributed by atoms with van der Waals surface area (Å²) in [5.74, 6) is 3.60. The van der Waals surface area contributed by atoms with E-state index >= 15 is 0 Å². The molecule has 3 saturated carbocycles. The monoisotopic (exact) mass is 150 g/mol. The summed E-state index contributed by atoms with van der Waals surface area (Å²) in [5.41, 5.74) is 0.0440. The van der Waals surface area contributed by atoms with Crippen LogP contribution in [-0.4, -0.2) is 5.78 Å². The van der Waals surface area contributed by atoms with Gasteiger partial charge in [0.15, 0.2) is 0 Å². The van der Waals surface area contributed by atoms with Crippen molar-refractivity contribution in [1.82, 2.24) is 0 Å². The van der Waals surface area contributed by atoms with Gasteiger partial charge >= 0.3 is 0 Å². The van der Waals surface area contributed by atoms with Crippen molar-refractivity contribution in [2.45, 2.75) is 26.7 Å². The first-order valence-electron chi connectivity index (χ1n) is 4.66. The van der Waals surface area contributed by atoms with Crippen LogP contribution in [0.15, 0.2) is 0 Å². The van der Waals surface area contributed by atoms with E-state index in [9.17, 15) is 4.79 Å². The summed E-state index contributed by atoms with van der Waals surface area (Å²) in [6.07, 6.45) is 2.59. The van der Waals surface area contributed by atoms with Crippen LogP contribution in [0, 0.1) is 29.1 Å². The Labute approximate surface area is 67.2 Å². The molecule has 0 aromatic carbocycles. The van der Waals surface area contributed by atoms with Crippen molar-refractivity contribution < 1.29 is 4.79 Å². The molecule has 0 N–H and O–H groups in total. The second kappa shape index (κ2) is 1.41. The van der Waals surface area contributed by atoms with Crippen molar-refractivity contribution >= 4 is 5.78 Å². The molecule has 0 saturated heterocycles. The predicted octanol–water partition coefficient (Wildman–Crippen LogP) is 1.87. The van der Waals surface area contributed by atoms with Gasteiger partial charge in [0.05, 0.1) is 0 Å². The van der Waals surface area contributed by atoms with Crippen LogP contribution in [0.5, 0.6) is 0 Å². The molecule has 3 fully saturated rings. The second-order valence-corrected chi connectivity index (χ2v) is 5.10. The quantitative estimate of drug-likeness (QED) is 0.515. The van der Waals surface area contributed by atoms with Crippen molar-refractivity contribution in [3.05, 3.63) is 0 Å². The molecule has 0 unspecified atom stereocenters. The molecule has 0 amide bonds. The van der Waals surface area contributed by atoms with E-state index < -0.39 is 0 Å². The fourth-order valence-electron chi connectivity index (χ4n) is 3.58. The fraction of sp³-hybridized carbons (Fsp3) is 0.900. The molecule has 0 radical (unpaired) electrons. The van der Waals surface area contributed by atoms with E-state index in [0.717, 1.165) is 17.8 Å². The van der Waals surface area contributed by atoms with Crippen molar-refractivity contribution in [3.8, 4) is 0 Å². The highest BCUT2D eigenvalue weighted by Crippen LogP contribution is 2.69. The zero-order valence-corrected chi connectivity index (χ0v) is 7.13. The zero-order valence-electron chi connectivity index (χ0n) is 7.13. The van der Waals surface area contributed by atoms with Crippen LogP contribution in [0.3, 0.4) is 0 Å². The molecular weight excluding hydrogens is 136 g/mol. The normalized spacial score (nSPS) is 56.4. The number of ketones is 1. The van der Waals surface area contributed by atoms with Gasteiger partial charge in [-0.2, -0.15) is 0 Å². The smallest absolute Gasteiger partial charge is 0.142 e. The lowest BCUT2D eigenvalue weighted by Crippen LogP contribution is -2.32. The van der Waals surface area contributed by atoms with Crippen LogP contribution in [0.2, 0.25) is 0 Å². The van der Waals surface area contributed by atoms with Crippen LogP contribution >= 0.6 is 0 Å². The average Bonchev–Trinajstić information content (AvgIpc) is 2.58. The third kappa shape index (κ3) is 0.502. The average molecular weight is 150 g/mol. The lowest BCUT2D eigenvalue weighted by Gasteiger charge is -2.27. The van der Waals surface area contributed by atoms with Crippen LogP contribution in [0.25, 0.3) is 0 Å². The minimum absolute atomic E-state index is 0.0440. The maximum absolute atomic E-state index is 11.7. The minimum Gasteiger partial charge on any atom is -0.299 e. The number of rotatable bonds is 0. The molecule has 0 aromatic heterocycles. The molecule has 1 nitrogen and oxygen atoms in total. The molecule has 4 atom stereocenters. The van der Waals surface area contributed by atoms with E-state index in [1.807, 2.05) is 0 Å². The first-order valence-corrected chi connectivity index (χ1v) is 4.66. The van der Waals surface area contributed by atoms with Gasteiger partial charge in [-0.15, -0.1) is 0 Å². The lowest BCUT2D eigenvalue weighted by atomic mass is 9.75. The highest BCUT2D eigenvalue weighted by molar-refractivity contribution is 5.91. The third-order valence-electron chi connectivity index (χ3n) is 4.33. The van der Waals surface area contributed by atoms with Crippen molar-refractivity contribution in [1.29, 1.82) is 0 Å². The van der Waals surface area contributed by atoms with Crippen molar-refractivity contribution in [2.75, 3.05) is 0 Å². The van der Waals surface area contributed by atoms with Gasteiger partial charge in [0, 0.05) is 11.3 Å². The SMILES string of the molecule is CC1(C)C(=O)[C@@H]2C[C@@H]1[C@H]1C[C@H]12. The molecule has 11 heavy (non-hydrogen) atoms. The van der Waals surface area contributed by atoms with Gasteiger partial charge in [-0.05, 0) is 30.6 Å². The van der Waals surface area contributed by atoms with Crippen LogP contribution in [0.1, 0.15) is 26.7 Å². The molecule has 0 aliphatic heterocycles. The van der Waals surface area contributed by atoms with Gasteiger partial charge in [0.25, 0.3) is 0 Å². The maximum atomic E-state index is 11.7. The molecule has 60 valence electrons. The second-order valence-electron chi connectivity index (χ2n) is 5.10. The van der Waals surface area contributed by atoms with Crippen molar-refractivity contribution in [3.63, 3.8) is 0 Å². The molecule has 0 spiro atoms. The Morgan fingerprint density at radius 3 is 2.55 bits per heavy atom. The van der Waals surface area contributed by atoms with Gasteiger partial charge in [0.1, 0.15) is 5.78 Å². The van der Waals surface area contributed by atoms with Crippen LogP contribution < -0.4 is 0 Å². The summed E-state index contributed by atoms with van der Waals surface area (Å²) in [5, 5.41) is 0. The first-order chi connectivity index (χ1) is 5.12. The van der Waals surface area contributed by atoms with E-state index in [0.29, 0.717) is 11.7 Å². The van der Waals surface area contributed by atoms with Gasteiger partial charge in [-0.1, -0.05) is 13.8 Å². The van der Waals surface area contributed by atoms with Gasteiger partial charge in [0.2, 0.25) is 0 Å². The minimum atomic E-state index is 0.0440. The largest absolute Gasteiger partial charge is 0.299 e. The predicted molar refractivity (Wildman–Crippen MR) is 42.0 cm³/mol. The summed E-state index contributed by atoms with van der Waals surface area (Å²) in [7, 11) is 0. The number of carbonyl (C=O) groups excluding carboxylic acids is 1. The summed E-state index contributed by atoms with van der Waals surface area (Å²) < 4.78 is 0. The summed E-state index contributed by atoms with van der Waals surface area (Å²) in [6, 6.07) is 0. The number of Topliss-reactive ketones (excluding diaryl/α,β-unsaturated/α-hetero) is 1. The van der Waals surface area contributed by atoms with Gasteiger partial charge < -0.3 is 0 Å². The standard InChI is InChI=1S/C10H14O/c1-10(2)8-4-7(9(10)11)5-3-6(5)8/h5-8H,3-4H2,1-2H3/t5-,6+,7-,8-/m1/s1. The number of hydrogen-bond acceptors (Lipinski definition) is 1. The van der Waals surface area contributed by atoms with E-state index in [2.05, 4.69) is 13.8 Å². The highest BCUT2D eigenvalue weighted by atomic mass is 16.1. The summed E-state index contributed by atoms with van der Waals surface area (Å²) in [6.45, 7) is 4.29. The first kappa shape index (κ1) is 6.22. The number of hydrogen-bond donors (Lipinski definition) is 0. The third-order valence-corrected chi connectivity index (χ3v) is 4.33. The van der Waals surface area contributed by atoms with Crippen LogP contribution in [-0.2, 0) is 4.79 Å². The van der Waals surface area contributed by atoms with Gasteiger partial charge in [-0.3, -0.25) is 4.79 Å². The fourth-order valence-corrected chi connectivity index (χ4v) is 3.58. The van der Waals surface area contributed by atoms with Gasteiger partial charge in [-0.25, -0.2) is 0 Å². The van der Waals surface area contributed by atoms with Crippen LogP contribution in [0.4, 0.5) is 0 Å². The Morgan fingerprint density at radius 2 is 2.00 bits per heavy atom. The number of carbonyl (C=O) groups is 1. The molecule has 0 aromatic rings. The summed E-state index contributed by atoms with van der Waals surface area (Å²) >= 11 is 0. The molecule has 3 aliphatic carbocycles. The zero-order chi connectivity index (χ0) is 7.80. The Morgan fingerprint density at radius 1 is 1.27 bits per heavy atom. The molecule has 3 aliphatic rings. The molecule has 2 bridgehead atoms.